The Bertz CT molecular complexity index is 814. The van der Waals surface area contributed by atoms with E-state index >= 15 is 0 Å². The van der Waals surface area contributed by atoms with E-state index in [1.807, 2.05) is 24.3 Å². The number of ether oxygens (including phenoxy) is 1. The lowest BCUT2D eigenvalue weighted by atomic mass is 10.1. The Balaban J connectivity index is 2.21. The number of aromatic nitrogens is 2. The highest BCUT2D eigenvalue weighted by molar-refractivity contribution is 5.89. The molecule has 0 N–H and O–H groups in total. The molecule has 2 aromatic carbocycles. The lowest BCUT2D eigenvalue weighted by Crippen LogP contribution is -2.08. The van der Waals surface area contributed by atoms with E-state index in [1.165, 1.54) is 4.68 Å². The van der Waals surface area contributed by atoms with Crippen molar-refractivity contribution in [1.29, 1.82) is 0 Å². The van der Waals surface area contributed by atoms with Gasteiger partial charge in [-0.2, -0.15) is 5.10 Å². The number of para-hydroxylation sites is 1. The molecule has 0 aliphatic carbocycles. The van der Waals surface area contributed by atoms with Gasteiger partial charge in [-0.25, -0.2) is 13.9 Å². The number of nitrogens with zero attached hydrogens (tertiary/aromatic N) is 2. The average molecular weight is 310 g/mol. The van der Waals surface area contributed by atoms with Crippen molar-refractivity contribution >= 4 is 5.97 Å². The molecule has 0 spiro atoms. The molecule has 0 saturated heterocycles. The predicted molar refractivity (Wildman–Crippen MR) is 84.9 cm³/mol. The third-order valence-corrected chi connectivity index (χ3v) is 3.34. The smallest absolute Gasteiger partial charge is 0.361 e. The van der Waals surface area contributed by atoms with E-state index in [2.05, 4.69) is 5.10 Å². The van der Waals surface area contributed by atoms with Gasteiger partial charge < -0.3 is 4.74 Å². The predicted octanol–water partition coefficient (Wildman–Crippen LogP) is 3.86. The molecule has 3 aromatic rings. The summed E-state index contributed by atoms with van der Waals surface area (Å²) in [5.74, 6) is -1.45. The maximum Gasteiger partial charge on any atom is 0.361 e. The second-order valence-electron chi connectivity index (χ2n) is 4.85. The van der Waals surface area contributed by atoms with E-state index in [0.717, 1.165) is 0 Å². The van der Waals surface area contributed by atoms with Crippen LogP contribution in [0.3, 0.4) is 0 Å². The van der Waals surface area contributed by atoms with Crippen molar-refractivity contribution in [3.05, 3.63) is 72.2 Å². The Hall–Kier alpha value is -2.95. The van der Waals surface area contributed by atoms with Gasteiger partial charge in [-0.15, -0.1) is 0 Å². The monoisotopic (exact) mass is 310 g/mol. The average Bonchev–Trinajstić information content (AvgIpc) is 2.94. The fourth-order valence-corrected chi connectivity index (χ4v) is 2.33. The van der Waals surface area contributed by atoms with Crippen molar-refractivity contribution in [2.45, 2.75) is 6.92 Å². The highest BCUT2D eigenvalue weighted by Gasteiger charge is 2.25. The van der Waals surface area contributed by atoms with Crippen LogP contribution in [-0.4, -0.2) is 22.4 Å². The molecule has 0 saturated carbocycles. The Labute approximate surface area is 133 Å². The van der Waals surface area contributed by atoms with Crippen LogP contribution in [0.4, 0.5) is 4.39 Å². The first kappa shape index (κ1) is 15.0. The summed E-state index contributed by atoms with van der Waals surface area (Å²) in [5, 5.41) is 4.14. The first-order valence-electron chi connectivity index (χ1n) is 7.29. The summed E-state index contributed by atoms with van der Waals surface area (Å²) in [4.78, 5) is 12.0. The molecule has 0 atom stereocenters. The molecule has 5 heteroatoms. The number of hydrogen-bond donors (Lipinski definition) is 0. The van der Waals surface area contributed by atoms with Gasteiger partial charge in [0.2, 0.25) is 5.69 Å². The molecule has 0 bridgehead atoms. The van der Waals surface area contributed by atoms with Gasteiger partial charge in [0.25, 0.3) is 0 Å². The summed E-state index contributed by atoms with van der Waals surface area (Å²) >= 11 is 0. The third kappa shape index (κ3) is 2.85. The van der Waals surface area contributed by atoms with Crippen molar-refractivity contribution in [3.63, 3.8) is 0 Å². The summed E-state index contributed by atoms with van der Waals surface area (Å²) in [6.07, 6.45) is 0. The molecule has 4 nitrogen and oxygen atoms in total. The Morgan fingerprint density at radius 2 is 1.70 bits per heavy atom. The second kappa shape index (κ2) is 6.44. The van der Waals surface area contributed by atoms with Crippen LogP contribution in [0.25, 0.3) is 16.9 Å². The van der Waals surface area contributed by atoms with Gasteiger partial charge in [-0.05, 0) is 19.1 Å². The number of halogens is 1. The molecule has 116 valence electrons. The minimum Gasteiger partial charge on any atom is -0.461 e. The van der Waals surface area contributed by atoms with Gasteiger partial charge in [0.15, 0.2) is 5.82 Å². The van der Waals surface area contributed by atoms with E-state index in [4.69, 9.17) is 4.74 Å². The van der Waals surface area contributed by atoms with Gasteiger partial charge in [0.05, 0.1) is 12.3 Å². The number of rotatable bonds is 4. The maximum absolute atomic E-state index is 14.9. The molecule has 0 unspecified atom stereocenters. The molecular formula is C18H15FN2O2. The molecule has 3 rings (SSSR count). The lowest BCUT2D eigenvalue weighted by Gasteiger charge is -2.07. The van der Waals surface area contributed by atoms with Crippen LogP contribution in [0.15, 0.2) is 60.7 Å². The SMILES string of the molecule is CCOC(=O)c1nn(-c2ccccc2)c(-c2ccccc2)c1F. The van der Waals surface area contributed by atoms with Gasteiger partial charge >= 0.3 is 5.97 Å². The van der Waals surface area contributed by atoms with Crippen LogP contribution in [0.1, 0.15) is 17.4 Å². The molecule has 1 heterocycles. The van der Waals surface area contributed by atoms with E-state index in [0.29, 0.717) is 11.3 Å². The quantitative estimate of drug-likeness (QED) is 0.687. The van der Waals surface area contributed by atoms with Crippen LogP contribution in [0.2, 0.25) is 0 Å². The highest BCUT2D eigenvalue weighted by atomic mass is 19.1. The normalized spacial score (nSPS) is 10.5. The summed E-state index contributed by atoms with van der Waals surface area (Å²) in [6.45, 7) is 1.83. The molecule has 0 radical (unpaired) electrons. The molecule has 1 aromatic heterocycles. The van der Waals surface area contributed by atoms with Crippen LogP contribution in [0.5, 0.6) is 0 Å². The number of carbonyl (C=O) groups is 1. The summed E-state index contributed by atoms with van der Waals surface area (Å²) in [5.41, 5.74) is 1.23. The fourth-order valence-electron chi connectivity index (χ4n) is 2.33. The van der Waals surface area contributed by atoms with Gasteiger partial charge in [0, 0.05) is 5.56 Å². The summed E-state index contributed by atoms with van der Waals surface area (Å²) < 4.78 is 21.2. The number of esters is 1. The second-order valence-corrected chi connectivity index (χ2v) is 4.85. The van der Waals surface area contributed by atoms with Crippen LogP contribution in [-0.2, 0) is 4.74 Å². The number of hydrogen-bond acceptors (Lipinski definition) is 3. The number of benzene rings is 2. The van der Waals surface area contributed by atoms with E-state index in [-0.39, 0.29) is 18.0 Å². The zero-order valence-corrected chi connectivity index (χ0v) is 12.6. The van der Waals surface area contributed by atoms with Crippen LogP contribution in [0, 0.1) is 5.82 Å². The Morgan fingerprint density at radius 3 is 2.30 bits per heavy atom. The standard InChI is InChI=1S/C18H15FN2O2/c1-2-23-18(22)16-15(19)17(13-9-5-3-6-10-13)21(20-16)14-11-7-4-8-12-14/h3-12H,2H2,1H3. The molecule has 0 amide bonds. The lowest BCUT2D eigenvalue weighted by molar-refractivity contribution is 0.0513. The first-order chi connectivity index (χ1) is 11.2. The van der Waals surface area contributed by atoms with E-state index in [1.54, 1.807) is 43.3 Å². The van der Waals surface area contributed by atoms with Gasteiger partial charge in [-0.3, -0.25) is 0 Å². The topological polar surface area (TPSA) is 44.1 Å². The minimum atomic E-state index is -0.767. The maximum atomic E-state index is 14.9. The molecule has 23 heavy (non-hydrogen) atoms. The van der Waals surface area contributed by atoms with Crippen LogP contribution < -0.4 is 0 Å². The summed E-state index contributed by atoms with van der Waals surface area (Å²) in [7, 11) is 0. The highest BCUT2D eigenvalue weighted by Crippen LogP contribution is 2.28. The van der Waals surface area contributed by atoms with Gasteiger partial charge in [0.1, 0.15) is 5.69 Å². The van der Waals surface area contributed by atoms with Crippen molar-refractivity contribution in [2.75, 3.05) is 6.61 Å². The van der Waals surface area contributed by atoms with Crippen molar-refractivity contribution in [1.82, 2.24) is 9.78 Å². The number of carbonyl (C=O) groups excluding carboxylic acids is 1. The van der Waals surface area contributed by atoms with Crippen LogP contribution >= 0.6 is 0 Å². The zero-order chi connectivity index (χ0) is 16.2. The van der Waals surface area contributed by atoms with Crippen molar-refractivity contribution < 1.29 is 13.9 Å². The van der Waals surface area contributed by atoms with Crippen molar-refractivity contribution in [3.8, 4) is 16.9 Å². The van der Waals surface area contributed by atoms with Crippen molar-refractivity contribution in [2.24, 2.45) is 0 Å². The fraction of sp³-hybridized carbons (Fsp3) is 0.111. The minimum absolute atomic E-state index is 0.164. The zero-order valence-electron chi connectivity index (χ0n) is 12.6. The van der Waals surface area contributed by atoms with E-state index < -0.39 is 11.8 Å². The largest absolute Gasteiger partial charge is 0.461 e. The molecular weight excluding hydrogens is 295 g/mol. The van der Waals surface area contributed by atoms with E-state index in [9.17, 15) is 9.18 Å². The molecule has 0 aliphatic heterocycles. The summed E-state index contributed by atoms with van der Waals surface area (Å²) in [6, 6.07) is 18.1. The Kier molecular flexibility index (Phi) is 4.19. The Morgan fingerprint density at radius 1 is 1.09 bits per heavy atom. The molecule has 0 fully saturated rings. The molecule has 0 aliphatic rings. The van der Waals surface area contributed by atoms with Gasteiger partial charge in [-0.1, -0.05) is 48.5 Å². The third-order valence-electron chi connectivity index (χ3n) is 3.34. The first-order valence-corrected chi connectivity index (χ1v) is 7.29.